The van der Waals surface area contributed by atoms with Crippen LogP contribution < -0.4 is 5.73 Å². The number of anilines is 1. The monoisotopic (exact) mass is 246 g/mol. The van der Waals surface area contributed by atoms with Gasteiger partial charge in [-0.05, 0) is 51.7 Å². The summed E-state index contributed by atoms with van der Waals surface area (Å²) in [6.45, 7) is 6.19. The first-order chi connectivity index (χ1) is 8.52. The van der Waals surface area contributed by atoms with Crippen molar-refractivity contribution < 1.29 is 4.79 Å². The van der Waals surface area contributed by atoms with Gasteiger partial charge in [-0.2, -0.15) is 0 Å². The number of para-hydroxylation sites is 1. The highest BCUT2D eigenvalue weighted by Crippen LogP contribution is 2.27. The Hall–Kier alpha value is -1.51. The van der Waals surface area contributed by atoms with E-state index in [1.807, 2.05) is 30.0 Å². The Bertz CT molecular complexity index is 446. The van der Waals surface area contributed by atoms with Gasteiger partial charge in [0.25, 0.3) is 5.91 Å². The predicted octanol–water partition coefficient (Wildman–Crippen LogP) is 2.98. The van der Waals surface area contributed by atoms with E-state index in [4.69, 9.17) is 5.73 Å². The van der Waals surface area contributed by atoms with E-state index < -0.39 is 0 Å². The molecule has 3 heteroatoms. The highest BCUT2D eigenvalue weighted by Gasteiger charge is 2.30. The Kier molecular flexibility index (Phi) is 3.60. The van der Waals surface area contributed by atoms with Gasteiger partial charge in [0.05, 0.1) is 5.56 Å². The Morgan fingerprint density at radius 1 is 1.28 bits per heavy atom. The third kappa shape index (κ3) is 2.22. The molecule has 18 heavy (non-hydrogen) atoms. The van der Waals surface area contributed by atoms with Crippen LogP contribution in [0.2, 0.25) is 0 Å². The molecule has 2 atom stereocenters. The molecular weight excluding hydrogens is 224 g/mol. The molecule has 1 amide bonds. The lowest BCUT2D eigenvalue weighted by Gasteiger charge is -2.39. The van der Waals surface area contributed by atoms with E-state index in [0.29, 0.717) is 23.3 Å². The number of nitrogens with two attached hydrogens (primary N) is 1. The summed E-state index contributed by atoms with van der Waals surface area (Å²) in [5.41, 5.74) is 8.27. The molecule has 1 aromatic rings. The van der Waals surface area contributed by atoms with Crippen molar-refractivity contribution in [3.05, 3.63) is 29.3 Å². The Labute approximate surface area is 109 Å². The molecule has 98 valence electrons. The zero-order chi connectivity index (χ0) is 13.3. The molecule has 0 aliphatic carbocycles. The Balaban J connectivity index is 2.32. The van der Waals surface area contributed by atoms with Gasteiger partial charge < -0.3 is 10.6 Å². The largest absolute Gasteiger partial charge is 0.398 e. The fourth-order valence-electron chi connectivity index (χ4n) is 2.83. The molecular formula is C15H22N2O. The summed E-state index contributed by atoms with van der Waals surface area (Å²) >= 11 is 0. The maximum atomic E-state index is 12.6. The Morgan fingerprint density at radius 3 is 2.50 bits per heavy atom. The summed E-state index contributed by atoms with van der Waals surface area (Å²) in [6, 6.07) is 6.29. The zero-order valence-corrected chi connectivity index (χ0v) is 11.4. The van der Waals surface area contributed by atoms with Crippen LogP contribution in [0.15, 0.2) is 18.2 Å². The molecule has 1 aromatic carbocycles. The molecule has 2 rings (SSSR count). The van der Waals surface area contributed by atoms with E-state index in [2.05, 4.69) is 13.8 Å². The summed E-state index contributed by atoms with van der Waals surface area (Å²) in [6.07, 6.45) is 3.37. The molecule has 0 aromatic heterocycles. The van der Waals surface area contributed by atoms with Crippen LogP contribution in [-0.2, 0) is 0 Å². The van der Waals surface area contributed by atoms with Crippen LogP contribution >= 0.6 is 0 Å². The van der Waals surface area contributed by atoms with E-state index in [-0.39, 0.29) is 5.91 Å². The zero-order valence-electron chi connectivity index (χ0n) is 11.4. The van der Waals surface area contributed by atoms with Crippen LogP contribution in [-0.4, -0.2) is 22.9 Å². The fraction of sp³-hybridized carbons (Fsp3) is 0.533. The van der Waals surface area contributed by atoms with Gasteiger partial charge in [-0.25, -0.2) is 0 Å². The summed E-state index contributed by atoms with van der Waals surface area (Å²) in [5, 5.41) is 0. The second-order valence-corrected chi connectivity index (χ2v) is 5.38. The molecule has 0 spiro atoms. The van der Waals surface area contributed by atoms with Gasteiger partial charge >= 0.3 is 0 Å². The van der Waals surface area contributed by atoms with Crippen LogP contribution in [0.4, 0.5) is 5.69 Å². The van der Waals surface area contributed by atoms with Crippen LogP contribution in [0.25, 0.3) is 0 Å². The number of hydrogen-bond acceptors (Lipinski definition) is 2. The van der Waals surface area contributed by atoms with Gasteiger partial charge in [-0.1, -0.05) is 12.1 Å². The second-order valence-electron chi connectivity index (χ2n) is 5.38. The normalized spacial score (nSPS) is 24.1. The van der Waals surface area contributed by atoms with Crippen LogP contribution in [0.1, 0.15) is 49.0 Å². The fourth-order valence-corrected chi connectivity index (χ4v) is 2.83. The van der Waals surface area contributed by atoms with Gasteiger partial charge in [-0.15, -0.1) is 0 Å². The minimum atomic E-state index is 0.0795. The van der Waals surface area contributed by atoms with Crippen molar-refractivity contribution in [2.45, 2.75) is 52.1 Å². The number of benzene rings is 1. The van der Waals surface area contributed by atoms with Gasteiger partial charge in [0, 0.05) is 17.8 Å². The number of nitrogens with zero attached hydrogens (tertiary/aromatic N) is 1. The van der Waals surface area contributed by atoms with Crippen LogP contribution in [0, 0.1) is 6.92 Å². The van der Waals surface area contributed by atoms with Crippen molar-refractivity contribution in [2.75, 3.05) is 5.73 Å². The van der Waals surface area contributed by atoms with Crippen LogP contribution in [0.3, 0.4) is 0 Å². The Morgan fingerprint density at radius 2 is 1.89 bits per heavy atom. The second kappa shape index (κ2) is 5.01. The molecule has 2 N–H and O–H groups in total. The number of amides is 1. The third-order valence-corrected chi connectivity index (χ3v) is 3.98. The summed E-state index contributed by atoms with van der Waals surface area (Å²) in [5.74, 6) is 0.0795. The number of likely N-dealkylation sites (tertiary alicyclic amines) is 1. The summed E-state index contributed by atoms with van der Waals surface area (Å²) < 4.78 is 0. The lowest BCUT2D eigenvalue weighted by Crippen LogP contribution is -2.47. The number of hydrogen-bond donors (Lipinski definition) is 1. The third-order valence-electron chi connectivity index (χ3n) is 3.98. The number of carbonyl (C=O) groups excluding carboxylic acids is 1. The highest BCUT2D eigenvalue weighted by atomic mass is 16.2. The van der Waals surface area contributed by atoms with E-state index in [0.717, 1.165) is 18.4 Å². The lowest BCUT2D eigenvalue weighted by molar-refractivity contribution is 0.0512. The van der Waals surface area contributed by atoms with Gasteiger partial charge in [0.15, 0.2) is 0 Å². The van der Waals surface area contributed by atoms with Crippen molar-refractivity contribution in [1.82, 2.24) is 4.90 Å². The molecule has 1 saturated heterocycles. The molecule has 1 fully saturated rings. The summed E-state index contributed by atoms with van der Waals surface area (Å²) in [7, 11) is 0. The SMILES string of the molecule is Cc1cccc(C(=O)N2[C@H](C)CCC[C@@H]2C)c1N. The molecule has 1 aliphatic heterocycles. The van der Waals surface area contributed by atoms with Crippen molar-refractivity contribution in [1.29, 1.82) is 0 Å². The van der Waals surface area contributed by atoms with Crippen LogP contribution in [0.5, 0.6) is 0 Å². The van der Waals surface area contributed by atoms with Crippen molar-refractivity contribution in [3.8, 4) is 0 Å². The first-order valence-corrected chi connectivity index (χ1v) is 6.70. The number of rotatable bonds is 1. The molecule has 3 nitrogen and oxygen atoms in total. The van der Waals surface area contributed by atoms with Gasteiger partial charge in [0.2, 0.25) is 0 Å². The topological polar surface area (TPSA) is 46.3 Å². The maximum Gasteiger partial charge on any atom is 0.256 e. The quantitative estimate of drug-likeness (QED) is 0.774. The minimum absolute atomic E-state index is 0.0795. The number of aryl methyl sites for hydroxylation is 1. The average molecular weight is 246 g/mol. The van der Waals surface area contributed by atoms with Crippen molar-refractivity contribution in [3.63, 3.8) is 0 Å². The molecule has 0 unspecified atom stereocenters. The summed E-state index contributed by atoms with van der Waals surface area (Å²) in [4.78, 5) is 14.6. The van der Waals surface area contributed by atoms with E-state index in [1.54, 1.807) is 0 Å². The average Bonchev–Trinajstić information content (AvgIpc) is 2.32. The number of carbonyl (C=O) groups is 1. The van der Waals surface area contributed by atoms with E-state index in [9.17, 15) is 4.79 Å². The van der Waals surface area contributed by atoms with Crippen molar-refractivity contribution >= 4 is 11.6 Å². The standard InChI is InChI=1S/C15H22N2O/c1-10-6-4-9-13(14(10)16)15(18)17-11(2)7-5-8-12(17)3/h4,6,9,11-12H,5,7-8,16H2,1-3H3/t11-,12+. The molecule has 1 aliphatic rings. The maximum absolute atomic E-state index is 12.6. The number of piperidine rings is 1. The molecule has 0 radical (unpaired) electrons. The molecule has 0 bridgehead atoms. The van der Waals surface area contributed by atoms with E-state index >= 15 is 0 Å². The smallest absolute Gasteiger partial charge is 0.256 e. The molecule has 1 heterocycles. The van der Waals surface area contributed by atoms with Gasteiger partial charge in [-0.3, -0.25) is 4.79 Å². The lowest BCUT2D eigenvalue weighted by atomic mass is 9.95. The highest BCUT2D eigenvalue weighted by molar-refractivity contribution is 6.00. The van der Waals surface area contributed by atoms with Crippen molar-refractivity contribution in [2.24, 2.45) is 0 Å². The van der Waals surface area contributed by atoms with Gasteiger partial charge in [0.1, 0.15) is 0 Å². The number of nitrogen functional groups attached to an aromatic ring is 1. The first-order valence-electron chi connectivity index (χ1n) is 6.70. The minimum Gasteiger partial charge on any atom is -0.398 e. The van der Waals surface area contributed by atoms with E-state index in [1.165, 1.54) is 6.42 Å². The first kappa shape index (κ1) is 12.9. The predicted molar refractivity (Wildman–Crippen MR) is 74.5 cm³/mol. The molecule has 0 saturated carbocycles.